The zero-order valence-electron chi connectivity index (χ0n) is 5.77. The van der Waals surface area contributed by atoms with Gasteiger partial charge in [-0.05, 0) is 17.7 Å². The molecule has 0 saturated heterocycles. The van der Waals surface area contributed by atoms with Gasteiger partial charge in [-0.3, -0.25) is 0 Å². The van der Waals surface area contributed by atoms with Gasteiger partial charge in [0.05, 0.1) is 0 Å². The van der Waals surface area contributed by atoms with Gasteiger partial charge in [0.2, 0.25) is 0 Å². The lowest BCUT2D eigenvalue weighted by Gasteiger charge is -1.99. The summed E-state index contributed by atoms with van der Waals surface area (Å²) in [5.41, 5.74) is 4.96. The third-order valence-corrected chi connectivity index (χ3v) is 1.34. The standard InChI is InChI=1S/C8H7F2N/c1-2-5-3-6(9)8(11)7(10)4-5/h2-4H,1,11H2. The van der Waals surface area contributed by atoms with Crippen molar-refractivity contribution in [1.82, 2.24) is 0 Å². The number of nitrogens with two attached hydrogens (primary N) is 1. The van der Waals surface area contributed by atoms with E-state index in [-0.39, 0.29) is 0 Å². The summed E-state index contributed by atoms with van der Waals surface area (Å²) in [6.07, 6.45) is 1.35. The first-order valence-electron chi connectivity index (χ1n) is 3.02. The van der Waals surface area contributed by atoms with Gasteiger partial charge in [0.25, 0.3) is 0 Å². The van der Waals surface area contributed by atoms with E-state index in [1.165, 1.54) is 6.08 Å². The number of rotatable bonds is 1. The maximum Gasteiger partial charge on any atom is 0.149 e. The molecule has 0 aliphatic carbocycles. The monoisotopic (exact) mass is 155 g/mol. The minimum atomic E-state index is -0.750. The van der Waals surface area contributed by atoms with Gasteiger partial charge in [-0.2, -0.15) is 0 Å². The lowest BCUT2D eigenvalue weighted by Crippen LogP contribution is -1.95. The lowest BCUT2D eigenvalue weighted by molar-refractivity contribution is 0.591. The normalized spacial score (nSPS) is 9.64. The Bertz CT molecular complexity index is 271. The van der Waals surface area contributed by atoms with E-state index in [2.05, 4.69) is 6.58 Å². The molecule has 0 heterocycles. The molecule has 0 amide bonds. The van der Waals surface area contributed by atoms with Crippen LogP contribution >= 0.6 is 0 Å². The second-order valence-corrected chi connectivity index (χ2v) is 2.10. The van der Waals surface area contributed by atoms with E-state index in [1.807, 2.05) is 0 Å². The molecule has 0 unspecified atom stereocenters. The summed E-state index contributed by atoms with van der Waals surface area (Å²) in [4.78, 5) is 0. The Morgan fingerprint density at radius 3 is 2.09 bits per heavy atom. The SMILES string of the molecule is C=Cc1cc(F)c(N)c(F)c1. The van der Waals surface area contributed by atoms with E-state index in [0.717, 1.165) is 12.1 Å². The average Bonchev–Trinajstić information content (AvgIpc) is 1.99. The van der Waals surface area contributed by atoms with Crippen LogP contribution in [0, 0.1) is 11.6 Å². The fourth-order valence-electron chi connectivity index (χ4n) is 0.722. The molecule has 1 nitrogen and oxygen atoms in total. The van der Waals surface area contributed by atoms with Crippen molar-refractivity contribution in [3.63, 3.8) is 0 Å². The zero-order chi connectivity index (χ0) is 8.43. The van der Waals surface area contributed by atoms with E-state index in [0.29, 0.717) is 5.56 Å². The summed E-state index contributed by atoms with van der Waals surface area (Å²) in [7, 11) is 0. The highest BCUT2D eigenvalue weighted by molar-refractivity contribution is 5.53. The Kier molecular flexibility index (Phi) is 1.89. The molecule has 1 aromatic rings. The van der Waals surface area contributed by atoms with E-state index < -0.39 is 17.3 Å². The molecule has 0 saturated carbocycles. The van der Waals surface area contributed by atoms with Gasteiger partial charge < -0.3 is 5.73 Å². The van der Waals surface area contributed by atoms with Gasteiger partial charge in [0.15, 0.2) is 0 Å². The van der Waals surface area contributed by atoms with Gasteiger partial charge in [-0.15, -0.1) is 0 Å². The van der Waals surface area contributed by atoms with Crippen molar-refractivity contribution >= 4 is 11.8 Å². The van der Waals surface area contributed by atoms with Crippen LogP contribution in [0.3, 0.4) is 0 Å². The zero-order valence-corrected chi connectivity index (χ0v) is 5.77. The highest BCUT2D eigenvalue weighted by Gasteiger charge is 2.04. The molecule has 0 aliphatic rings. The number of hydrogen-bond acceptors (Lipinski definition) is 1. The van der Waals surface area contributed by atoms with Gasteiger partial charge in [0, 0.05) is 0 Å². The third kappa shape index (κ3) is 1.37. The molecule has 0 bridgehead atoms. The van der Waals surface area contributed by atoms with E-state index in [1.54, 1.807) is 0 Å². The van der Waals surface area contributed by atoms with Crippen molar-refractivity contribution in [3.05, 3.63) is 35.9 Å². The van der Waals surface area contributed by atoms with Crippen LogP contribution in [0.15, 0.2) is 18.7 Å². The maximum atomic E-state index is 12.6. The second-order valence-electron chi connectivity index (χ2n) is 2.10. The van der Waals surface area contributed by atoms with Crippen LogP contribution in [0.5, 0.6) is 0 Å². The molecule has 11 heavy (non-hydrogen) atoms. The molecule has 0 radical (unpaired) electrons. The van der Waals surface area contributed by atoms with Crippen molar-refractivity contribution in [2.75, 3.05) is 5.73 Å². The summed E-state index contributed by atoms with van der Waals surface area (Å²) in [5.74, 6) is -1.50. The maximum absolute atomic E-state index is 12.6. The third-order valence-electron chi connectivity index (χ3n) is 1.34. The van der Waals surface area contributed by atoms with Crippen molar-refractivity contribution in [2.24, 2.45) is 0 Å². The van der Waals surface area contributed by atoms with Crippen LogP contribution in [0.1, 0.15) is 5.56 Å². The molecule has 0 aliphatic heterocycles. The largest absolute Gasteiger partial charge is 0.394 e. The predicted octanol–water partition coefficient (Wildman–Crippen LogP) is 2.19. The van der Waals surface area contributed by atoms with Crippen molar-refractivity contribution in [1.29, 1.82) is 0 Å². The topological polar surface area (TPSA) is 26.0 Å². The van der Waals surface area contributed by atoms with E-state index in [9.17, 15) is 8.78 Å². The summed E-state index contributed by atoms with van der Waals surface area (Å²) < 4.78 is 25.2. The molecule has 2 N–H and O–H groups in total. The number of nitrogen functional groups attached to an aromatic ring is 1. The quantitative estimate of drug-likeness (QED) is 0.618. The fourth-order valence-corrected chi connectivity index (χ4v) is 0.722. The van der Waals surface area contributed by atoms with Crippen LogP contribution < -0.4 is 5.73 Å². The van der Waals surface area contributed by atoms with Gasteiger partial charge >= 0.3 is 0 Å². The van der Waals surface area contributed by atoms with Gasteiger partial charge in [-0.1, -0.05) is 12.7 Å². The molecule has 0 fully saturated rings. The first kappa shape index (κ1) is 7.72. The Morgan fingerprint density at radius 2 is 1.73 bits per heavy atom. The number of halogens is 2. The first-order chi connectivity index (χ1) is 5.15. The minimum Gasteiger partial charge on any atom is -0.394 e. The van der Waals surface area contributed by atoms with Crippen LogP contribution in [-0.4, -0.2) is 0 Å². The predicted molar refractivity (Wildman–Crippen MR) is 40.9 cm³/mol. The summed E-state index contributed by atoms with van der Waals surface area (Å²) in [5, 5.41) is 0. The molecule has 58 valence electrons. The summed E-state index contributed by atoms with van der Waals surface area (Å²) in [6, 6.07) is 2.26. The molecule has 0 aromatic heterocycles. The Labute approximate surface area is 63.1 Å². The van der Waals surface area contributed by atoms with Crippen LogP contribution in [0.25, 0.3) is 6.08 Å². The van der Waals surface area contributed by atoms with Gasteiger partial charge in [-0.25, -0.2) is 8.78 Å². The van der Waals surface area contributed by atoms with Crippen LogP contribution in [-0.2, 0) is 0 Å². The average molecular weight is 155 g/mol. The number of benzene rings is 1. The Morgan fingerprint density at radius 1 is 1.27 bits per heavy atom. The van der Waals surface area contributed by atoms with Crippen molar-refractivity contribution in [2.45, 2.75) is 0 Å². The Balaban J connectivity index is 3.31. The lowest BCUT2D eigenvalue weighted by atomic mass is 10.2. The number of anilines is 1. The highest BCUT2D eigenvalue weighted by atomic mass is 19.1. The summed E-state index contributed by atoms with van der Waals surface area (Å²) in [6.45, 7) is 3.37. The fraction of sp³-hybridized carbons (Fsp3) is 0. The van der Waals surface area contributed by atoms with Crippen molar-refractivity contribution < 1.29 is 8.78 Å². The first-order valence-corrected chi connectivity index (χ1v) is 3.02. The highest BCUT2D eigenvalue weighted by Crippen LogP contribution is 2.17. The molecular formula is C8H7F2N. The van der Waals surface area contributed by atoms with E-state index in [4.69, 9.17) is 5.73 Å². The molecular weight excluding hydrogens is 148 g/mol. The molecule has 0 atom stereocenters. The molecule has 3 heteroatoms. The number of hydrogen-bond donors (Lipinski definition) is 1. The summed E-state index contributed by atoms with van der Waals surface area (Å²) >= 11 is 0. The molecule has 1 aromatic carbocycles. The Hall–Kier alpha value is -1.38. The van der Waals surface area contributed by atoms with E-state index >= 15 is 0 Å². The van der Waals surface area contributed by atoms with Crippen LogP contribution in [0.4, 0.5) is 14.5 Å². The molecule has 1 rings (SSSR count). The smallest absolute Gasteiger partial charge is 0.149 e. The molecule has 0 spiro atoms. The van der Waals surface area contributed by atoms with Gasteiger partial charge in [0.1, 0.15) is 17.3 Å². The van der Waals surface area contributed by atoms with Crippen molar-refractivity contribution in [3.8, 4) is 0 Å². The van der Waals surface area contributed by atoms with Crippen LogP contribution in [0.2, 0.25) is 0 Å². The minimum absolute atomic E-state index is 0.384. The second kappa shape index (κ2) is 2.70.